The van der Waals surface area contributed by atoms with E-state index < -0.39 is 0 Å². The third kappa shape index (κ3) is 3.32. The maximum Gasteiger partial charge on any atom is 0.283 e. The number of imide groups is 1. The summed E-state index contributed by atoms with van der Waals surface area (Å²) in [4.78, 5) is 39.0. The van der Waals surface area contributed by atoms with Crippen LogP contribution in [-0.4, -0.2) is 21.6 Å². The first-order valence-electron chi connectivity index (χ1n) is 9.68. The molecule has 0 saturated heterocycles. The van der Waals surface area contributed by atoms with Gasteiger partial charge in [0.15, 0.2) is 0 Å². The zero-order chi connectivity index (χ0) is 21.5. The second kappa shape index (κ2) is 7.86. The summed E-state index contributed by atoms with van der Waals surface area (Å²) in [5.41, 5.74) is 2.96. The van der Waals surface area contributed by atoms with Gasteiger partial charge < -0.3 is 0 Å². The fraction of sp³-hybridized carbons (Fsp3) is 0.130. The second-order valence-electron chi connectivity index (χ2n) is 7.30. The van der Waals surface area contributed by atoms with Gasteiger partial charge in [-0.2, -0.15) is 0 Å². The van der Waals surface area contributed by atoms with Gasteiger partial charge in [0.05, 0.1) is 27.0 Å². The van der Waals surface area contributed by atoms with E-state index in [-0.39, 0.29) is 33.7 Å². The van der Waals surface area contributed by atoms with E-state index in [2.05, 4.69) is 0 Å². The summed E-state index contributed by atoms with van der Waals surface area (Å²) in [6.45, 7) is 0. The van der Waals surface area contributed by atoms with Gasteiger partial charge in [0.2, 0.25) is 0 Å². The van der Waals surface area contributed by atoms with Crippen LogP contribution in [0.25, 0.3) is 0 Å². The van der Waals surface area contributed by atoms with Crippen molar-refractivity contribution in [3.63, 3.8) is 0 Å². The molecule has 2 aliphatic rings. The van der Waals surface area contributed by atoms with E-state index in [0.29, 0.717) is 22.4 Å². The lowest BCUT2D eigenvalue weighted by molar-refractivity contribution is -0.387. The number of carbonyl (C=O) groups excluding carboxylic acids is 2. The molecule has 0 N–H and O–H groups in total. The van der Waals surface area contributed by atoms with Crippen molar-refractivity contribution in [2.45, 2.75) is 22.6 Å². The van der Waals surface area contributed by atoms with Gasteiger partial charge in [-0.05, 0) is 46.5 Å². The maximum atomic E-state index is 13.0. The van der Waals surface area contributed by atoms with Crippen LogP contribution in [0.5, 0.6) is 0 Å². The number of rotatable bonds is 5. The second-order valence-corrected chi connectivity index (χ2v) is 9.74. The van der Waals surface area contributed by atoms with Crippen molar-refractivity contribution in [3.8, 4) is 0 Å². The van der Waals surface area contributed by atoms with E-state index in [1.165, 1.54) is 32.6 Å². The van der Waals surface area contributed by atoms with Crippen LogP contribution >= 0.6 is 21.6 Å². The molecule has 2 atom stereocenters. The number of nitrogens with zero attached hydrogens (tertiary/aromatic N) is 2. The van der Waals surface area contributed by atoms with Gasteiger partial charge in [-0.1, -0.05) is 59.3 Å². The summed E-state index contributed by atoms with van der Waals surface area (Å²) >= 11 is 0. The average Bonchev–Trinajstić information content (AvgIpc) is 3.27. The summed E-state index contributed by atoms with van der Waals surface area (Å²) < 4.78 is 0. The zero-order valence-electron chi connectivity index (χ0n) is 16.1. The molecule has 1 aliphatic carbocycles. The standard InChI is InChI=1S/C23H16N2O4S2/c26-22-16-9-3-4-10-17(16)23(27)24(22)19-13-21(15-8-2-1-7-14(15)19)31-30-20-12-6-5-11-18(20)25(28)29/h1-12,19,21H,13H2/t19-,21-/m1/s1. The molecule has 8 heteroatoms. The molecular formula is C23H16N2O4S2. The van der Waals surface area contributed by atoms with Crippen molar-refractivity contribution in [1.82, 2.24) is 4.90 Å². The smallest absolute Gasteiger partial charge is 0.269 e. The van der Waals surface area contributed by atoms with Gasteiger partial charge in [0.25, 0.3) is 17.5 Å². The van der Waals surface area contributed by atoms with E-state index in [0.717, 1.165) is 11.1 Å². The minimum absolute atomic E-state index is 0.00433. The van der Waals surface area contributed by atoms with Crippen molar-refractivity contribution >= 4 is 39.1 Å². The molecule has 0 unspecified atom stereocenters. The Hall–Kier alpha value is -3.10. The summed E-state index contributed by atoms with van der Waals surface area (Å²) in [6, 6.07) is 21.0. The van der Waals surface area contributed by atoms with Gasteiger partial charge >= 0.3 is 0 Å². The van der Waals surface area contributed by atoms with Gasteiger partial charge in [-0.15, -0.1) is 0 Å². The summed E-state index contributed by atoms with van der Waals surface area (Å²) in [5, 5.41) is 11.3. The SMILES string of the molecule is O=C1c2ccccc2C(=O)N1[C@@H]1C[C@@H](SSc2ccccc2[N+](=O)[O-])c2ccccc21. The molecule has 0 radical (unpaired) electrons. The molecule has 0 spiro atoms. The Morgan fingerprint density at radius 2 is 1.42 bits per heavy atom. The number of nitro groups is 1. The first kappa shape index (κ1) is 19.8. The topological polar surface area (TPSA) is 80.5 Å². The molecule has 6 nitrogen and oxygen atoms in total. The van der Waals surface area contributed by atoms with Crippen molar-refractivity contribution in [2.75, 3.05) is 0 Å². The van der Waals surface area contributed by atoms with Crippen LogP contribution in [0.15, 0.2) is 77.7 Å². The lowest BCUT2D eigenvalue weighted by Crippen LogP contribution is -2.33. The Morgan fingerprint density at radius 1 is 0.839 bits per heavy atom. The highest BCUT2D eigenvalue weighted by molar-refractivity contribution is 8.76. The predicted octanol–water partition coefficient (Wildman–Crippen LogP) is 5.82. The molecule has 0 bridgehead atoms. The summed E-state index contributed by atoms with van der Waals surface area (Å²) in [6.07, 6.45) is 0.573. The number of nitro benzene ring substituents is 1. The van der Waals surface area contributed by atoms with Crippen LogP contribution in [0.4, 0.5) is 5.69 Å². The maximum absolute atomic E-state index is 13.0. The van der Waals surface area contributed by atoms with Crippen molar-refractivity contribution < 1.29 is 14.5 Å². The van der Waals surface area contributed by atoms with Crippen LogP contribution in [0.1, 0.15) is 49.6 Å². The number of fused-ring (bicyclic) bond motifs is 2. The van der Waals surface area contributed by atoms with E-state index in [1.54, 1.807) is 42.5 Å². The van der Waals surface area contributed by atoms with Gasteiger partial charge in [-0.25, -0.2) is 0 Å². The lowest BCUT2D eigenvalue weighted by Gasteiger charge is -2.23. The molecule has 3 aromatic rings. The highest BCUT2D eigenvalue weighted by Gasteiger charge is 2.45. The molecule has 1 aliphatic heterocycles. The Bertz CT molecular complexity index is 1190. The Kier molecular flexibility index (Phi) is 5.03. The molecule has 0 aromatic heterocycles. The quantitative estimate of drug-likeness (QED) is 0.212. The molecule has 5 rings (SSSR count). The van der Waals surface area contributed by atoms with Crippen molar-refractivity contribution in [2.24, 2.45) is 0 Å². The minimum Gasteiger partial charge on any atom is -0.269 e. The molecule has 31 heavy (non-hydrogen) atoms. The first-order chi connectivity index (χ1) is 15.1. The number of benzene rings is 3. The third-order valence-electron chi connectivity index (χ3n) is 5.59. The van der Waals surface area contributed by atoms with Crippen molar-refractivity contribution in [1.29, 1.82) is 0 Å². The number of para-hydroxylation sites is 1. The van der Waals surface area contributed by atoms with Crippen LogP contribution in [0.3, 0.4) is 0 Å². The predicted molar refractivity (Wildman–Crippen MR) is 120 cm³/mol. The lowest BCUT2D eigenvalue weighted by atomic mass is 10.1. The molecule has 3 aromatic carbocycles. The fourth-order valence-corrected chi connectivity index (χ4v) is 6.97. The molecular weight excluding hydrogens is 432 g/mol. The zero-order valence-corrected chi connectivity index (χ0v) is 17.8. The molecule has 0 fully saturated rings. The van der Waals surface area contributed by atoms with E-state index in [4.69, 9.17) is 0 Å². The summed E-state index contributed by atoms with van der Waals surface area (Å²) in [7, 11) is 2.88. The summed E-state index contributed by atoms with van der Waals surface area (Å²) in [5.74, 6) is -0.533. The number of hydrogen-bond acceptors (Lipinski definition) is 6. The Balaban J connectivity index is 1.43. The fourth-order valence-electron chi connectivity index (χ4n) is 4.18. The highest BCUT2D eigenvalue weighted by Crippen LogP contribution is 2.55. The van der Waals surface area contributed by atoms with Gasteiger partial charge in [0.1, 0.15) is 0 Å². The van der Waals surface area contributed by atoms with E-state index in [9.17, 15) is 19.7 Å². The molecule has 1 heterocycles. The number of hydrogen-bond donors (Lipinski definition) is 0. The Labute approximate surface area is 186 Å². The number of amides is 2. The normalized spacial score (nSPS) is 19.4. The average molecular weight is 449 g/mol. The van der Waals surface area contributed by atoms with Crippen molar-refractivity contribution in [3.05, 3.63) is 105 Å². The van der Waals surface area contributed by atoms with Crippen LogP contribution in [0.2, 0.25) is 0 Å². The monoisotopic (exact) mass is 448 g/mol. The van der Waals surface area contributed by atoms with Crippen LogP contribution in [0, 0.1) is 10.1 Å². The minimum atomic E-state index is -0.382. The molecule has 2 amide bonds. The highest BCUT2D eigenvalue weighted by atomic mass is 33.1. The first-order valence-corrected chi connectivity index (χ1v) is 11.9. The molecule has 154 valence electrons. The van der Waals surface area contributed by atoms with Crippen LogP contribution in [-0.2, 0) is 0 Å². The number of carbonyl (C=O) groups is 2. The Morgan fingerprint density at radius 3 is 2.10 bits per heavy atom. The van der Waals surface area contributed by atoms with E-state index in [1.807, 2.05) is 24.3 Å². The molecule has 0 saturated carbocycles. The van der Waals surface area contributed by atoms with Crippen LogP contribution < -0.4 is 0 Å². The third-order valence-corrected chi connectivity index (χ3v) is 8.42. The van der Waals surface area contributed by atoms with Gasteiger partial charge in [-0.3, -0.25) is 24.6 Å². The van der Waals surface area contributed by atoms with E-state index >= 15 is 0 Å². The largest absolute Gasteiger partial charge is 0.283 e. The van der Waals surface area contributed by atoms with Gasteiger partial charge in [0, 0.05) is 11.3 Å².